The van der Waals surface area contributed by atoms with E-state index < -0.39 is 118 Å². The number of nitrogens with one attached hydrogen (secondary N) is 4. The summed E-state index contributed by atoms with van der Waals surface area (Å²) in [6.07, 6.45) is 2.01. The molecule has 2 saturated heterocycles. The highest BCUT2D eigenvalue weighted by Crippen LogP contribution is 2.38. The van der Waals surface area contributed by atoms with Crippen LogP contribution in [-0.2, 0) is 28.7 Å². The summed E-state index contributed by atoms with van der Waals surface area (Å²) in [4.78, 5) is 127. The van der Waals surface area contributed by atoms with Gasteiger partial charge < -0.3 is 49.4 Å². The minimum Gasteiger partial charge on any atom is -0.446 e. The summed E-state index contributed by atoms with van der Waals surface area (Å²) in [5.41, 5.74) is -0.145. The first-order valence-electron chi connectivity index (χ1n) is 29.0. The van der Waals surface area contributed by atoms with Crippen molar-refractivity contribution in [2.45, 2.75) is 169 Å². The second-order valence-corrected chi connectivity index (χ2v) is 26.4. The van der Waals surface area contributed by atoms with E-state index in [1.807, 2.05) is 102 Å². The number of benzene rings is 3. The van der Waals surface area contributed by atoms with Crippen LogP contribution in [0.3, 0.4) is 0 Å². The molecular weight excluding hydrogens is 1100 g/mol. The third kappa shape index (κ3) is 16.0. The zero-order valence-electron chi connectivity index (χ0n) is 52.3. The van der Waals surface area contributed by atoms with Crippen LogP contribution in [0.5, 0.6) is 0 Å². The van der Waals surface area contributed by atoms with E-state index >= 15 is 0 Å². The number of likely N-dealkylation sites (N-methyl/N-ethyl adjacent to an activating group) is 2. The Balaban J connectivity index is 1.07. The molecule has 8 atom stereocenters. The Morgan fingerprint density at radius 1 is 0.523 bits per heavy atom. The molecule has 22 nitrogen and oxygen atoms in total. The largest absolute Gasteiger partial charge is 0.446 e. The molecule has 4 heterocycles. The molecule has 22 heteroatoms. The number of ether oxygens (including phenoxy) is 2. The molecular formula is C64H84N10O12. The van der Waals surface area contributed by atoms with Crippen molar-refractivity contribution in [2.24, 2.45) is 10.8 Å². The van der Waals surface area contributed by atoms with E-state index in [2.05, 4.69) is 21.3 Å². The highest BCUT2D eigenvalue weighted by atomic mass is 16.6. The first-order chi connectivity index (χ1) is 40.1. The Labute approximate surface area is 503 Å². The molecule has 0 spiro atoms. The fourth-order valence-electron chi connectivity index (χ4n) is 10.0. The zero-order chi connectivity index (χ0) is 63.4. The molecule has 0 unspecified atom stereocenters. The van der Waals surface area contributed by atoms with Crippen LogP contribution in [0.4, 0.5) is 9.59 Å². The number of amides is 8. The molecule has 2 aliphatic rings. The second kappa shape index (κ2) is 26.0. The summed E-state index contributed by atoms with van der Waals surface area (Å²) in [6, 6.07) is 17.8. The molecule has 7 rings (SSSR count). The average molecular weight is 1190 g/mol. The molecule has 2 aliphatic heterocycles. The van der Waals surface area contributed by atoms with E-state index in [4.69, 9.17) is 28.3 Å². The van der Waals surface area contributed by atoms with Gasteiger partial charge in [-0.25, -0.2) is 19.6 Å². The Morgan fingerprint density at radius 3 is 1.15 bits per heavy atom. The normalized spacial score (nSPS) is 18.7. The summed E-state index contributed by atoms with van der Waals surface area (Å²) < 4.78 is 23.1. The SMILES string of the molecule is C[C@@H](C(=O)N[C@H](C(=O)N1C[C@@H](NC(=O)c2ccc(C(=O)N[C@H]3C[C@@H](c4nc(-c5ccccc5)co4)N(C(=O)[C@@H](NC(=O)[C@H](C)N(C)C(=O)OC(C)(C)C)C(C)(C)C)C3)cc2)C[C@H]1c1nc(-c2ccccc2)co1)C(C)(C)C)N(C)C(=O)OC(C)(C)C. The molecule has 2 aromatic heterocycles. The maximum Gasteiger partial charge on any atom is 0.410 e. The van der Waals surface area contributed by atoms with Gasteiger partial charge in [0.25, 0.3) is 11.8 Å². The smallest absolute Gasteiger partial charge is 0.410 e. The first kappa shape index (κ1) is 65.0. The van der Waals surface area contributed by atoms with Gasteiger partial charge in [0, 0.05) is 61.5 Å². The Hall–Kier alpha value is -8.56. The molecule has 462 valence electrons. The number of likely N-dealkylation sites (tertiary alicyclic amines) is 2. The molecule has 86 heavy (non-hydrogen) atoms. The fraction of sp³-hybridized carbons (Fsp3) is 0.500. The standard InChI is InChI=1S/C64H84N10O12/c1-37(71(15)59(81)85-63(9,10)11)51(75)69-49(61(3,4)5)57(79)73-33-43(31-47(73)55-67-45(35-83-55)39-23-19-17-20-24-39)65-53(77)41-27-29-42(30-28-41)54(78)66-44-32-48(56-68-46(36-84-56)40-25-21-18-22-26-40)74(34-44)58(80)50(62(6,7)8)70-52(76)38(2)72(16)60(82)86-64(12,13)14/h17-30,35-38,43-44,47-50H,31-34H2,1-16H3,(H,65,77)(H,66,78)(H,69,75)(H,70,76)/t37-,38-,43-,44-,47-,48-,49+,50+/m0/s1. The van der Waals surface area contributed by atoms with Crippen molar-refractivity contribution in [3.8, 4) is 22.5 Å². The highest BCUT2D eigenvalue weighted by Gasteiger charge is 2.48. The van der Waals surface area contributed by atoms with Crippen LogP contribution >= 0.6 is 0 Å². The topological polar surface area (TPSA) is 268 Å². The molecule has 5 aromatic rings. The van der Waals surface area contributed by atoms with Gasteiger partial charge in [-0.1, -0.05) is 102 Å². The molecule has 0 radical (unpaired) electrons. The van der Waals surface area contributed by atoms with Gasteiger partial charge in [-0.05, 0) is 103 Å². The summed E-state index contributed by atoms with van der Waals surface area (Å²) in [6.45, 7) is 24.4. The number of rotatable bonds is 16. The van der Waals surface area contributed by atoms with E-state index in [1.54, 1.807) is 65.2 Å². The monoisotopic (exact) mass is 1180 g/mol. The molecule has 0 aliphatic carbocycles. The van der Waals surface area contributed by atoms with Crippen LogP contribution in [-0.4, -0.2) is 152 Å². The number of hydrogen-bond donors (Lipinski definition) is 4. The van der Waals surface area contributed by atoms with Crippen molar-refractivity contribution >= 4 is 47.6 Å². The van der Waals surface area contributed by atoms with Crippen LogP contribution in [0.1, 0.15) is 154 Å². The van der Waals surface area contributed by atoms with E-state index in [0.717, 1.165) is 11.1 Å². The number of nitrogens with zero attached hydrogens (tertiary/aromatic N) is 6. The quantitative estimate of drug-likeness (QED) is 0.0720. The predicted octanol–water partition coefficient (Wildman–Crippen LogP) is 8.71. The van der Waals surface area contributed by atoms with Crippen molar-refractivity contribution < 1.29 is 56.7 Å². The number of carbonyl (C=O) groups is 8. The van der Waals surface area contributed by atoms with Crippen molar-refractivity contribution in [3.63, 3.8) is 0 Å². The van der Waals surface area contributed by atoms with E-state index in [1.165, 1.54) is 60.7 Å². The fourth-order valence-corrected chi connectivity index (χ4v) is 10.0. The molecule has 2 fully saturated rings. The summed E-state index contributed by atoms with van der Waals surface area (Å²) in [7, 11) is 2.90. The van der Waals surface area contributed by atoms with Crippen LogP contribution in [0.15, 0.2) is 106 Å². The number of hydrogen-bond acceptors (Lipinski definition) is 14. The highest BCUT2D eigenvalue weighted by molar-refractivity contribution is 5.98. The molecule has 8 amide bonds. The number of aromatic nitrogens is 2. The van der Waals surface area contributed by atoms with Gasteiger partial charge in [0.05, 0.1) is 0 Å². The minimum absolute atomic E-state index is 0.0189. The Bertz CT molecular complexity index is 3030. The van der Waals surface area contributed by atoms with Gasteiger partial charge in [0.15, 0.2) is 0 Å². The lowest BCUT2D eigenvalue weighted by Crippen LogP contribution is -2.58. The van der Waals surface area contributed by atoms with Crippen molar-refractivity contribution in [1.82, 2.24) is 50.8 Å². The zero-order valence-corrected chi connectivity index (χ0v) is 52.3. The van der Waals surface area contributed by atoms with Crippen LogP contribution in [0.25, 0.3) is 22.5 Å². The minimum atomic E-state index is -1.10. The van der Waals surface area contributed by atoms with Gasteiger partial charge in [-0.15, -0.1) is 0 Å². The van der Waals surface area contributed by atoms with Crippen LogP contribution in [0, 0.1) is 10.8 Å². The van der Waals surface area contributed by atoms with Gasteiger partial charge in [-0.3, -0.25) is 38.6 Å². The predicted molar refractivity (Wildman–Crippen MR) is 321 cm³/mol. The summed E-state index contributed by atoms with van der Waals surface area (Å²) >= 11 is 0. The molecule has 0 saturated carbocycles. The van der Waals surface area contributed by atoms with Gasteiger partial charge in [0.1, 0.15) is 71.4 Å². The third-order valence-corrected chi connectivity index (χ3v) is 15.1. The van der Waals surface area contributed by atoms with Crippen LogP contribution < -0.4 is 21.3 Å². The first-order valence-corrected chi connectivity index (χ1v) is 29.0. The number of carbonyl (C=O) groups excluding carboxylic acids is 8. The maximum atomic E-state index is 15.0. The van der Waals surface area contributed by atoms with Gasteiger partial charge >= 0.3 is 12.2 Å². The van der Waals surface area contributed by atoms with Crippen molar-refractivity contribution in [3.05, 3.63) is 120 Å². The van der Waals surface area contributed by atoms with Crippen molar-refractivity contribution in [2.75, 3.05) is 27.2 Å². The summed E-state index contributed by atoms with van der Waals surface area (Å²) in [5.74, 6) is -2.56. The lowest BCUT2D eigenvalue weighted by molar-refractivity contribution is -0.141. The maximum absolute atomic E-state index is 15.0. The number of oxazole rings is 2. The Kier molecular flexibility index (Phi) is 19.6. The van der Waals surface area contributed by atoms with Gasteiger partial charge in [0.2, 0.25) is 35.4 Å². The average Bonchev–Trinajstić information content (AvgIpc) is 2.21. The molecule has 3 aromatic carbocycles. The second-order valence-electron chi connectivity index (χ2n) is 26.4. The molecule has 4 N–H and O–H groups in total. The lowest BCUT2D eigenvalue weighted by Gasteiger charge is -2.36. The van der Waals surface area contributed by atoms with Gasteiger partial charge in [-0.2, -0.15) is 0 Å². The van der Waals surface area contributed by atoms with E-state index in [0.29, 0.717) is 11.4 Å². The lowest BCUT2D eigenvalue weighted by atomic mass is 9.85. The van der Waals surface area contributed by atoms with Crippen molar-refractivity contribution in [1.29, 1.82) is 0 Å². The summed E-state index contributed by atoms with van der Waals surface area (Å²) in [5, 5.41) is 11.9. The van der Waals surface area contributed by atoms with E-state index in [-0.39, 0.29) is 48.8 Å². The van der Waals surface area contributed by atoms with Crippen LogP contribution in [0.2, 0.25) is 0 Å². The third-order valence-electron chi connectivity index (χ3n) is 15.1. The van der Waals surface area contributed by atoms with E-state index in [9.17, 15) is 38.4 Å². The molecule has 0 bridgehead atoms. The Morgan fingerprint density at radius 2 is 0.849 bits per heavy atom.